The predicted octanol–water partition coefficient (Wildman–Crippen LogP) is 3.62. The average molecular weight is 391 g/mol. The molecule has 1 aliphatic rings. The first-order valence-corrected chi connectivity index (χ1v) is 10.1. The van der Waals surface area contributed by atoms with Crippen LogP contribution in [0.2, 0.25) is 0 Å². The van der Waals surface area contributed by atoms with Crippen LogP contribution in [0.4, 0.5) is 0 Å². The van der Waals surface area contributed by atoms with E-state index < -0.39 is 0 Å². The molecule has 1 aromatic heterocycles. The van der Waals surface area contributed by atoms with Gasteiger partial charge in [-0.3, -0.25) is 9.59 Å². The number of rotatable bonds is 6. The summed E-state index contributed by atoms with van der Waals surface area (Å²) in [4.78, 5) is 34.3. The predicted molar refractivity (Wildman–Crippen MR) is 112 cm³/mol. The number of carbonyl (C=O) groups is 1. The third-order valence-corrected chi connectivity index (χ3v) is 5.54. The lowest BCUT2D eigenvalue weighted by molar-refractivity contribution is -0.132. The first-order chi connectivity index (χ1) is 14.2. The Morgan fingerprint density at radius 2 is 2.00 bits per heavy atom. The van der Waals surface area contributed by atoms with Gasteiger partial charge in [-0.1, -0.05) is 24.3 Å². The number of aryl methyl sites for hydroxylation is 1. The molecule has 1 unspecified atom stereocenters. The third kappa shape index (κ3) is 4.16. The highest BCUT2D eigenvalue weighted by atomic mass is 16.5. The highest BCUT2D eigenvalue weighted by molar-refractivity contribution is 5.78. The minimum absolute atomic E-state index is 0.129. The van der Waals surface area contributed by atoms with Gasteiger partial charge in [-0.25, -0.2) is 4.98 Å². The average Bonchev–Trinajstić information content (AvgIpc) is 3.24. The molecule has 0 saturated carbocycles. The molecule has 1 aliphatic heterocycles. The highest BCUT2D eigenvalue weighted by Crippen LogP contribution is 2.33. The maximum atomic E-state index is 12.8. The minimum Gasteiger partial charge on any atom is -0.497 e. The van der Waals surface area contributed by atoms with Gasteiger partial charge in [0.05, 0.1) is 24.1 Å². The SMILES string of the molecule is COc1ccc(C2CCCN2C(=O)CCCc2nc3ccccc3c(=O)[nH]2)cc1. The second kappa shape index (κ2) is 8.47. The van der Waals surface area contributed by atoms with Gasteiger partial charge < -0.3 is 14.6 Å². The molecule has 0 radical (unpaired) electrons. The van der Waals surface area contributed by atoms with Crippen LogP contribution in [0.1, 0.15) is 43.1 Å². The quantitative estimate of drug-likeness (QED) is 0.696. The number of hydrogen-bond donors (Lipinski definition) is 1. The van der Waals surface area contributed by atoms with Crippen LogP contribution in [-0.4, -0.2) is 34.4 Å². The number of aromatic nitrogens is 2. The standard InChI is InChI=1S/C23H25N3O3/c1-29-17-13-11-16(12-14-17)20-8-5-15-26(20)22(27)10-4-9-21-24-19-7-3-2-6-18(19)23(28)25-21/h2-3,6-7,11-14,20H,4-5,8-10,15H2,1H3,(H,24,25,28). The third-order valence-electron chi connectivity index (χ3n) is 5.54. The van der Waals surface area contributed by atoms with Gasteiger partial charge in [0.15, 0.2) is 0 Å². The summed E-state index contributed by atoms with van der Waals surface area (Å²) in [7, 11) is 1.65. The number of H-pyrrole nitrogens is 1. The van der Waals surface area contributed by atoms with Crippen LogP contribution in [-0.2, 0) is 11.2 Å². The maximum absolute atomic E-state index is 12.8. The van der Waals surface area contributed by atoms with Crippen LogP contribution >= 0.6 is 0 Å². The zero-order valence-electron chi connectivity index (χ0n) is 16.6. The molecule has 1 N–H and O–H groups in total. The van der Waals surface area contributed by atoms with Gasteiger partial charge >= 0.3 is 0 Å². The van der Waals surface area contributed by atoms with Crippen molar-refractivity contribution < 1.29 is 9.53 Å². The van der Waals surface area contributed by atoms with Crippen molar-refractivity contribution in [2.75, 3.05) is 13.7 Å². The zero-order valence-corrected chi connectivity index (χ0v) is 16.6. The number of ether oxygens (including phenoxy) is 1. The lowest BCUT2D eigenvalue weighted by atomic mass is 10.0. The molecule has 0 aliphatic carbocycles. The van der Waals surface area contributed by atoms with Gasteiger partial charge in [-0.05, 0) is 49.1 Å². The maximum Gasteiger partial charge on any atom is 0.258 e. The number of carbonyl (C=O) groups excluding carboxylic acids is 1. The van der Waals surface area contributed by atoms with Crippen molar-refractivity contribution in [3.05, 3.63) is 70.3 Å². The van der Waals surface area contributed by atoms with Crippen LogP contribution in [0, 0.1) is 0 Å². The van der Waals surface area contributed by atoms with E-state index >= 15 is 0 Å². The Kier molecular flexibility index (Phi) is 5.60. The molecular weight excluding hydrogens is 366 g/mol. The van der Waals surface area contributed by atoms with Crippen LogP contribution in [0.3, 0.4) is 0 Å². The fourth-order valence-electron chi connectivity index (χ4n) is 4.04. The number of amides is 1. The lowest BCUT2D eigenvalue weighted by Gasteiger charge is -2.25. The molecule has 29 heavy (non-hydrogen) atoms. The summed E-state index contributed by atoms with van der Waals surface area (Å²) in [5.41, 5.74) is 1.71. The normalized spacial score (nSPS) is 16.3. The first kappa shape index (κ1) is 19.2. The molecule has 2 aromatic carbocycles. The smallest absolute Gasteiger partial charge is 0.258 e. The van der Waals surface area contributed by atoms with E-state index in [0.29, 0.717) is 36.0 Å². The summed E-state index contributed by atoms with van der Waals surface area (Å²) < 4.78 is 5.22. The van der Waals surface area contributed by atoms with Crippen LogP contribution in [0.25, 0.3) is 10.9 Å². The Hall–Kier alpha value is -3.15. The summed E-state index contributed by atoms with van der Waals surface area (Å²) >= 11 is 0. The molecule has 0 bridgehead atoms. The largest absolute Gasteiger partial charge is 0.497 e. The Labute approximate surface area is 169 Å². The van der Waals surface area contributed by atoms with E-state index in [2.05, 4.69) is 9.97 Å². The summed E-state index contributed by atoms with van der Waals surface area (Å²) in [6.45, 7) is 0.792. The fourth-order valence-corrected chi connectivity index (χ4v) is 4.04. The summed E-state index contributed by atoms with van der Waals surface area (Å²) in [6, 6.07) is 15.4. The first-order valence-electron chi connectivity index (χ1n) is 10.1. The Balaban J connectivity index is 1.38. The number of nitrogens with zero attached hydrogens (tertiary/aromatic N) is 2. The summed E-state index contributed by atoms with van der Waals surface area (Å²) in [6.07, 6.45) is 3.68. The van der Waals surface area contributed by atoms with Crippen molar-refractivity contribution in [3.63, 3.8) is 0 Å². The number of para-hydroxylation sites is 1. The molecule has 6 nitrogen and oxygen atoms in total. The number of nitrogens with one attached hydrogen (secondary N) is 1. The summed E-state index contributed by atoms with van der Waals surface area (Å²) in [5, 5.41) is 0.590. The van der Waals surface area contributed by atoms with Gasteiger partial charge in [0.25, 0.3) is 5.56 Å². The highest BCUT2D eigenvalue weighted by Gasteiger charge is 2.29. The molecule has 2 heterocycles. The molecule has 150 valence electrons. The van der Waals surface area contributed by atoms with Crippen molar-refractivity contribution in [3.8, 4) is 5.75 Å². The van der Waals surface area contributed by atoms with Gasteiger partial charge in [0.2, 0.25) is 5.91 Å². The van der Waals surface area contributed by atoms with E-state index in [1.807, 2.05) is 47.4 Å². The van der Waals surface area contributed by atoms with Gasteiger partial charge in [0, 0.05) is 19.4 Å². The minimum atomic E-state index is -0.129. The number of benzene rings is 2. The van der Waals surface area contributed by atoms with Crippen molar-refractivity contribution in [1.82, 2.24) is 14.9 Å². The summed E-state index contributed by atoms with van der Waals surface area (Å²) in [5.74, 6) is 1.61. The van der Waals surface area contributed by atoms with Crippen LogP contribution < -0.4 is 10.3 Å². The van der Waals surface area contributed by atoms with Crippen molar-refractivity contribution in [2.45, 2.75) is 38.1 Å². The van der Waals surface area contributed by atoms with Crippen molar-refractivity contribution in [2.24, 2.45) is 0 Å². The number of likely N-dealkylation sites (tertiary alicyclic amines) is 1. The second-order valence-corrected chi connectivity index (χ2v) is 7.40. The van der Waals surface area contributed by atoms with E-state index in [9.17, 15) is 9.59 Å². The van der Waals surface area contributed by atoms with Crippen molar-refractivity contribution in [1.29, 1.82) is 0 Å². The number of methoxy groups -OCH3 is 1. The molecule has 4 rings (SSSR count). The number of fused-ring (bicyclic) bond motifs is 1. The molecule has 0 spiro atoms. The second-order valence-electron chi connectivity index (χ2n) is 7.40. The Morgan fingerprint density at radius 3 is 2.79 bits per heavy atom. The lowest BCUT2D eigenvalue weighted by Crippen LogP contribution is -2.30. The Bertz CT molecular complexity index is 1060. The van der Waals surface area contributed by atoms with Crippen molar-refractivity contribution >= 4 is 16.8 Å². The zero-order chi connectivity index (χ0) is 20.2. The van der Waals surface area contributed by atoms with E-state index in [0.717, 1.165) is 30.7 Å². The molecule has 6 heteroatoms. The van der Waals surface area contributed by atoms with E-state index in [1.165, 1.54) is 0 Å². The van der Waals surface area contributed by atoms with Gasteiger partial charge in [-0.15, -0.1) is 0 Å². The molecular formula is C23H25N3O3. The van der Waals surface area contributed by atoms with E-state index in [4.69, 9.17) is 4.74 Å². The monoisotopic (exact) mass is 391 g/mol. The molecule has 3 aromatic rings. The van der Waals surface area contributed by atoms with E-state index in [-0.39, 0.29) is 17.5 Å². The molecule has 1 amide bonds. The molecule has 1 saturated heterocycles. The van der Waals surface area contributed by atoms with E-state index in [1.54, 1.807) is 13.2 Å². The Morgan fingerprint density at radius 1 is 1.21 bits per heavy atom. The number of hydrogen-bond acceptors (Lipinski definition) is 4. The van der Waals surface area contributed by atoms with Gasteiger partial charge in [-0.2, -0.15) is 0 Å². The topological polar surface area (TPSA) is 75.3 Å². The molecule has 1 fully saturated rings. The van der Waals surface area contributed by atoms with Crippen LogP contribution in [0.5, 0.6) is 5.75 Å². The van der Waals surface area contributed by atoms with Gasteiger partial charge in [0.1, 0.15) is 11.6 Å². The fraction of sp³-hybridized carbons (Fsp3) is 0.348. The number of aromatic amines is 1. The van der Waals surface area contributed by atoms with Crippen LogP contribution in [0.15, 0.2) is 53.3 Å². The molecule has 1 atom stereocenters.